The van der Waals surface area contributed by atoms with Gasteiger partial charge in [-0.1, -0.05) is 18.2 Å². The fourth-order valence-corrected chi connectivity index (χ4v) is 4.07. The van der Waals surface area contributed by atoms with Crippen LogP contribution in [0.3, 0.4) is 0 Å². The maximum absolute atomic E-state index is 12.6. The first-order chi connectivity index (χ1) is 13.7. The molecule has 7 heteroatoms. The fraction of sp³-hybridized carbons (Fsp3) is 0.524. The van der Waals surface area contributed by atoms with Crippen molar-refractivity contribution in [1.29, 1.82) is 0 Å². The number of hydrogen-bond donors (Lipinski definition) is 1. The van der Waals surface area contributed by atoms with E-state index in [0.29, 0.717) is 5.92 Å². The van der Waals surface area contributed by atoms with E-state index in [1.807, 2.05) is 30.4 Å². The number of anilines is 1. The highest BCUT2D eigenvalue weighted by atomic mass is 16.2. The Morgan fingerprint density at radius 1 is 1.14 bits per heavy atom. The van der Waals surface area contributed by atoms with E-state index in [1.54, 1.807) is 0 Å². The molecule has 1 atom stereocenters. The zero-order valence-electron chi connectivity index (χ0n) is 16.6. The largest absolute Gasteiger partial charge is 0.371 e. The Labute approximate surface area is 166 Å². The van der Waals surface area contributed by atoms with E-state index in [2.05, 4.69) is 48.9 Å². The average molecular weight is 383 g/mol. The van der Waals surface area contributed by atoms with E-state index in [9.17, 15) is 4.79 Å². The predicted molar refractivity (Wildman–Crippen MR) is 110 cm³/mol. The number of rotatable bonds is 5. The van der Waals surface area contributed by atoms with Gasteiger partial charge < -0.3 is 19.7 Å². The summed E-state index contributed by atoms with van der Waals surface area (Å²) in [6.45, 7) is 7.02. The summed E-state index contributed by atoms with van der Waals surface area (Å²) in [6.07, 6.45) is 4.94. The summed E-state index contributed by atoms with van der Waals surface area (Å²) >= 11 is 0. The Morgan fingerprint density at radius 3 is 2.64 bits per heavy atom. The summed E-state index contributed by atoms with van der Waals surface area (Å²) < 4.78 is 2.05. The second-order valence-electron chi connectivity index (χ2n) is 7.84. The van der Waals surface area contributed by atoms with Gasteiger partial charge in [0.05, 0.1) is 6.54 Å². The molecular formula is C21H30N6O. The van der Waals surface area contributed by atoms with Crippen molar-refractivity contribution in [2.45, 2.75) is 13.0 Å². The first-order valence-corrected chi connectivity index (χ1v) is 10.2. The van der Waals surface area contributed by atoms with Crippen molar-refractivity contribution < 1.29 is 4.79 Å². The average Bonchev–Trinajstić information content (AvgIpc) is 3.37. The highest BCUT2D eigenvalue weighted by Crippen LogP contribution is 2.23. The lowest BCUT2D eigenvalue weighted by Crippen LogP contribution is -2.52. The van der Waals surface area contributed by atoms with Crippen LogP contribution in [0.25, 0.3) is 0 Å². The number of urea groups is 1. The van der Waals surface area contributed by atoms with Gasteiger partial charge in [0.2, 0.25) is 0 Å². The van der Waals surface area contributed by atoms with Gasteiger partial charge in [-0.05, 0) is 24.5 Å². The lowest BCUT2D eigenvalue weighted by molar-refractivity contribution is 0.132. The van der Waals surface area contributed by atoms with Crippen LogP contribution in [0, 0.1) is 5.92 Å². The maximum Gasteiger partial charge on any atom is 0.317 e. The van der Waals surface area contributed by atoms with Gasteiger partial charge in [-0.3, -0.25) is 4.90 Å². The normalized spacial score (nSPS) is 20.5. The Morgan fingerprint density at radius 2 is 1.93 bits per heavy atom. The minimum Gasteiger partial charge on any atom is -0.371 e. The topological polar surface area (TPSA) is 56.6 Å². The van der Waals surface area contributed by atoms with Crippen LogP contribution in [-0.4, -0.2) is 71.2 Å². The molecule has 150 valence electrons. The highest BCUT2D eigenvalue weighted by Gasteiger charge is 2.25. The first-order valence-electron chi connectivity index (χ1n) is 10.2. The molecule has 1 N–H and O–H groups in total. The molecule has 4 rings (SSSR count). The number of carbonyl (C=O) groups is 1. The zero-order chi connectivity index (χ0) is 19.3. The fourth-order valence-electron chi connectivity index (χ4n) is 4.07. The number of carbonyl (C=O) groups excluding carboxylic acids is 1. The number of para-hydroxylation sites is 1. The Balaban J connectivity index is 1.18. The Kier molecular flexibility index (Phi) is 5.81. The number of amides is 2. The van der Waals surface area contributed by atoms with E-state index in [-0.39, 0.29) is 6.03 Å². The summed E-state index contributed by atoms with van der Waals surface area (Å²) in [4.78, 5) is 23.7. The number of aryl methyl sites for hydroxylation is 1. The third-order valence-electron chi connectivity index (χ3n) is 5.89. The molecule has 1 aromatic heterocycles. The second kappa shape index (κ2) is 8.65. The van der Waals surface area contributed by atoms with Crippen molar-refractivity contribution >= 4 is 11.7 Å². The van der Waals surface area contributed by atoms with Crippen molar-refractivity contribution in [2.24, 2.45) is 13.0 Å². The van der Waals surface area contributed by atoms with Crippen molar-refractivity contribution in [1.82, 2.24) is 24.7 Å². The molecule has 28 heavy (non-hydrogen) atoms. The number of piperazine rings is 1. The van der Waals surface area contributed by atoms with E-state index >= 15 is 0 Å². The van der Waals surface area contributed by atoms with Gasteiger partial charge in [-0.15, -0.1) is 0 Å². The molecule has 0 spiro atoms. The van der Waals surface area contributed by atoms with Crippen molar-refractivity contribution in [3.8, 4) is 0 Å². The van der Waals surface area contributed by atoms with Crippen LogP contribution in [0.1, 0.15) is 12.2 Å². The maximum atomic E-state index is 12.6. The number of imidazole rings is 1. The van der Waals surface area contributed by atoms with Crippen LogP contribution in [0.4, 0.5) is 10.5 Å². The third-order valence-corrected chi connectivity index (χ3v) is 5.89. The van der Waals surface area contributed by atoms with Crippen LogP contribution in [0.5, 0.6) is 0 Å². The van der Waals surface area contributed by atoms with Gasteiger partial charge in [0.1, 0.15) is 5.82 Å². The molecular weight excluding hydrogens is 352 g/mol. The van der Waals surface area contributed by atoms with Gasteiger partial charge in [0, 0.05) is 70.9 Å². The summed E-state index contributed by atoms with van der Waals surface area (Å²) in [5, 5.41) is 3.16. The molecule has 2 saturated heterocycles. The van der Waals surface area contributed by atoms with E-state index in [4.69, 9.17) is 0 Å². The zero-order valence-corrected chi connectivity index (χ0v) is 16.6. The molecule has 0 bridgehead atoms. The van der Waals surface area contributed by atoms with Gasteiger partial charge in [0.25, 0.3) is 0 Å². The van der Waals surface area contributed by atoms with Crippen LogP contribution in [-0.2, 0) is 13.6 Å². The minimum absolute atomic E-state index is 0.0785. The summed E-state index contributed by atoms with van der Waals surface area (Å²) in [7, 11) is 2.02. The number of hydrogen-bond acceptors (Lipinski definition) is 4. The molecule has 1 aromatic carbocycles. The molecule has 2 aliphatic rings. The van der Waals surface area contributed by atoms with Crippen molar-refractivity contribution in [3.05, 3.63) is 48.5 Å². The van der Waals surface area contributed by atoms with Crippen LogP contribution < -0.4 is 10.2 Å². The molecule has 2 fully saturated rings. The van der Waals surface area contributed by atoms with E-state index < -0.39 is 0 Å². The molecule has 0 radical (unpaired) electrons. The smallest absolute Gasteiger partial charge is 0.317 e. The minimum atomic E-state index is 0.0785. The van der Waals surface area contributed by atoms with Gasteiger partial charge in [-0.25, -0.2) is 9.78 Å². The monoisotopic (exact) mass is 382 g/mol. The molecule has 2 aromatic rings. The molecule has 3 heterocycles. The number of nitrogens with zero attached hydrogens (tertiary/aromatic N) is 5. The Hall–Kier alpha value is -2.54. The SMILES string of the molecule is Cn1ccnc1CN1CCN(C(=O)NC[C@H]2CCN(c3ccccc3)C2)CC1. The number of benzene rings is 1. The van der Waals surface area contributed by atoms with Crippen molar-refractivity contribution in [3.63, 3.8) is 0 Å². The predicted octanol–water partition coefficient (Wildman–Crippen LogP) is 1.77. The third kappa shape index (κ3) is 4.47. The summed E-state index contributed by atoms with van der Waals surface area (Å²) in [5.74, 6) is 1.59. The van der Waals surface area contributed by atoms with Gasteiger partial charge in [0.15, 0.2) is 0 Å². The lowest BCUT2D eigenvalue weighted by atomic mass is 10.1. The molecule has 0 aliphatic carbocycles. The summed E-state index contributed by atoms with van der Waals surface area (Å²) in [5.41, 5.74) is 1.28. The summed E-state index contributed by atoms with van der Waals surface area (Å²) in [6, 6.07) is 10.6. The van der Waals surface area contributed by atoms with Crippen LogP contribution in [0.2, 0.25) is 0 Å². The number of aromatic nitrogens is 2. The first kappa shape index (κ1) is 18.8. The molecule has 2 amide bonds. The quantitative estimate of drug-likeness (QED) is 0.856. The van der Waals surface area contributed by atoms with E-state index in [0.717, 1.165) is 64.6 Å². The number of nitrogens with one attached hydrogen (secondary N) is 1. The van der Waals surface area contributed by atoms with Crippen molar-refractivity contribution in [2.75, 3.05) is 50.7 Å². The lowest BCUT2D eigenvalue weighted by Gasteiger charge is -2.34. The highest BCUT2D eigenvalue weighted by molar-refractivity contribution is 5.74. The molecule has 7 nitrogen and oxygen atoms in total. The van der Waals surface area contributed by atoms with Gasteiger partial charge >= 0.3 is 6.03 Å². The van der Waals surface area contributed by atoms with Crippen LogP contribution in [0.15, 0.2) is 42.7 Å². The molecule has 2 aliphatic heterocycles. The Bertz CT molecular complexity index is 768. The molecule has 0 saturated carbocycles. The van der Waals surface area contributed by atoms with E-state index in [1.165, 1.54) is 5.69 Å². The standard InChI is InChI=1S/C21H30N6O/c1-24-10-8-22-20(24)17-25-11-13-26(14-12-25)21(28)23-15-18-7-9-27(16-18)19-5-3-2-4-6-19/h2-6,8,10,18H,7,9,11-17H2,1H3,(H,23,28)/t18-/m1/s1. The molecule has 0 unspecified atom stereocenters. The van der Waals surface area contributed by atoms with Gasteiger partial charge in [-0.2, -0.15) is 0 Å². The van der Waals surface area contributed by atoms with Crippen LogP contribution >= 0.6 is 0 Å². The second-order valence-corrected chi connectivity index (χ2v) is 7.84.